The molecule has 18 rings (SSSR count). The molecule has 5 unspecified atom stereocenters. The number of amides is 1. The molecule has 0 N–H and O–H groups in total. The number of carbonyl (C=O) groups is 1. The molecule has 7 heterocycles. The summed E-state index contributed by atoms with van der Waals surface area (Å²) in [4.78, 5) is 29.3. The number of hydrogen-bond donors (Lipinski definition) is 0. The standard InChI is InChI=1S/C28H38N2O5S.C24H30N2O.C24H35NO2.C20H26F3N/c1-4-35-28(31)30-17-11-21(12-18-30)20-29-15-13-23(14-16-29)26-19-24(7-10-27(26)34-2)22-5-8-25(9-6-22)36(3,32)33;1-27-24-7-6-19(21-3-2-10-25-16-21)15-22(24)18-8-11-26(12-9-18)23-14-17-4-5-20(23)13-17;1-2-7-24(27-17-21-5-3-4-14-26-21)22(6-1)19-10-12-25(13-11-19)23-16-18-8-9-20(23)15-18;1-13-17(3-2-4-18(13)20(21,22)23)15-7-9-24(10-8-15)19-12-14-5-6-16(19)11-14/h5-10,19,21,23H,4,11-18,20H2,1-3H3;2-3,6-7,10,15-18,20,23H,4-5,8-9,11-14H2,1H3;1-2,6-7,18-21,23H,3-5,8-17H2;2-4,14-16,19H,5-12H2,1H3/t;17-,20?,23+;18-,20?,21?,23-;14-,16?,19?/m.000/s1. The Balaban J connectivity index is 0.000000121. The van der Waals surface area contributed by atoms with Crippen LogP contribution >= 0.6 is 0 Å². The molecule has 0 radical (unpaired) electrons. The maximum atomic E-state index is 13.1. The largest absolute Gasteiger partial charge is 0.496 e. The lowest BCUT2D eigenvalue weighted by atomic mass is 9.83. The highest BCUT2D eigenvalue weighted by molar-refractivity contribution is 7.90. The van der Waals surface area contributed by atoms with Crippen molar-refractivity contribution in [3.63, 3.8) is 0 Å². The molecule has 1 aromatic heterocycles. The van der Waals surface area contributed by atoms with Crippen molar-refractivity contribution in [2.45, 2.75) is 233 Å². The molecule has 6 saturated heterocycles. The van der Waals surface area contributed by atoms with Gasteiger partial charge in [0.2, 0.25) is 0 Å². The molecule has 10 atom stereocenters. The van der Waals surface area contributed by atoms with Crippen molar-refractivity contribution in [2.24, 2.45) is 41.4 Å². The van der Waals surface area contributed by atoms with E-state index < -0.39 is 21.6 Å². The van der Waals surface area contributed by atoms with Gasteiger partial charge in [-0.1, -0.05) is 79.9 Å². The number of nitrogens with zero attached hydrogens (tertiary/aromatic N) is 6. The van der Waals surface area contributed by atoms with Crippen molar-refractivity contribution in [1.82, 2.24) is 29.5 Å². The van der Waals surface area contributed by atoms with E-state index in [0.29, 0.717) is 47.3 Å². The third-order valence-corrected chi connectivity index (χ3v) is 30.6. The fourth-order valence-electron chi connectivity index (χ4n) is 23.3. The summed E-state index contributed by atoms with van der Waals surface area (Å²) in [5.74, 6) is 11.6. The molecule has 5 aromatic carbocycles. The van der Waals surface area contributed by atoms with Crippen molar-refractivity contribution in [3.05, 3.63) is 161 Å². The van der Waals surface area contributed by atoms with Gasteiger partial charge in [0.1, 0.15) is 23.9 Å². The van der Waals surface area contributed by atoms with E-state index in [2.05, 4.69) is 79.2 Å². The molecule has 6 aliphatic heterocycles. The van der Waals surface area contributed by atoms with Crippen LogP contribution in [0.5, 0.6) is 17.2 Å². The molecule has 6 aromatic rings. The molecule has 18 heteroatoms. The fraction of sp³-hybridized carbons (Fsp3) is 0.625. The van der Waals surface area contributed by atoms with Crippen molar-refractivity contribution < 1.29 is 50.1 Å². The topological polar surface area (TPSA) is 126 Å². The highest BCUT2D eigenvalue weighted by Crippen LogP contribution is 2.52. The first-order valence-corrected chi connectivity index (χ1v) is 46.2. The first-order chi connectivity index (χ1) is 55.4. The number of para-hydroxylation sites is 1. The zero-order chi connectivity index (χ0) is 78.9. The number of likely N-dealkylation sites (tertiary alicyclic amines) is 5. The van der Waals surface area contributed by atoms with E-state index in [0.717, 1.165) is 185 Å². The zero-order valence-electron chi connectivity index (χ0n) is 68.9. The number of hydrogen-bond acceptors (Lipinski definition) is 13. The molecule has 6 bridgehead atoms. The minimum Gasteiger partial charge on any atom is -0.496 e. The summed E-state index contributed by atoms with van der Waals surface area (Å²) in [6, 6.07) is 40.1. The molecular formula is C96H129F3N6O8S. The summed E-state index contributed by atoms with van der Waals surface area (Å²) in [5, 5.41) is 0. The molecule has 0 spiro atoms. The molecular weight excluding hydrogens is 1450 g/mol. The Labute approximate surface area is 679 Å². The number of rotatable bonds is 18. The van der Waals surface area contributed by atoms with Crippen molar-refractivity contribution in [2.75, 3.05) is 112 Å². The van der Waals surface area contributed by atoms with Crippen molar-refractivity contribution >= 4 is 15.9 Å². The van der Waals surface area contributed by atoms with Gasteiger partial charge in [-0.25, -0.2) is 13.2 Å². The number of aromatic nitrogens is 1. The Morgan fingerprint density at radius 3 is 1.47 bits per heavy atom. The molecule has 12 aliphatic rings. The Bertz CT molecular complexity index is 4200. The molecule has 6 saturated carbocycles. The van der Waals surface area contributed by atoms with Crippen LogP contribution in [0.1, 0.15) is 224 Å². The van der Waals surface area contributed by atoms with Gasteiger partial charge in [0.25, 0.3) is 0 Å². The van der Waals surface area contributed by atoms with Crippen LogP contribution < -0.4 is 14.2 Å². The third-order valence-electron chi connectivity index (χ3n) is 29.5. The van der Waals surface area contributed by atoms with Gasteiger partial charge in [-0.05, 0) is 372 Å². The van der Waals surface area contributed by atoms with Gasteiger partial charge in [0, 0.05) is 68.6 Å². The number of pyridine rings is 1. The second kappa shape index (κ2) is 38.0. The van der Waals surface area contributed by atoms with Crippen molar-refractivity contribution in [1.29, 1.82) is 0 Å². The molecule has 12 fully saturated rings. The maximum absolute atomic E-state index is 13.1. The van der Waals surface area contributed by atoms with E-state index >= 15 is 0 Å². The highest BCUT2D eigenvalue weighted by Gasteiger charge is 2.47. The number of sulfone groups is 1. The average Bonchev–Trinajstić information content (AvgIpc) is 1.77. The van der Waals surface area contributed by atoms with Gasteiger partial charge in [0.05, 0.1) is 37.4 Å². The number of carbonyl (C=O) groups excluding carboxylic acids is 1. The maximum Gasteiger partial charge on any atom is 0.416 e. The number of benzene rings is 5. The lowest BCUT2D eigenvalue weighted by molar-refractivity contribution is -0.138. The lowest BCUT2D eigenvalue weighted by Crippen LogP contribution is -2.43. The number of halogens is 3. The van der Waals surface area contributed by atoms with E-state index in [9.17, 15) is 26.4 Å². The van der Waals surface area contributed by atoms with E-state index in [1.54, 1.807) is 39.3 Å². The third kappa shape index (κ3) is 20.1. The summed E-state index contributed by atoms with van der Waals surface area (Å²) in [5.41, 5.74) is 9.42. The molecule has 14 nitrogen and oxygen atoms in total. The Hall–Kier alpha value is -6.54. The number of piperidine rings is 5. The predicted octanol–water partition coefficient (Wildman–Crippen LogP) is 20.3. The molecule has 6 aliphatic carbocycles. The minimum atomic E-state index is -4.25. The zero-order valence-corrected chi connectivity index (χ0v) is 69.7. The van der Waals surface area contributed by atoms with Crippen molar-refractivity contribution in [3.8, 4) is 39.5 Å². The fourth-order valence-corrected chi connectivity index (χ4v) is 23.9. The van der Waals surface area contributed by atoms with Crippen LogP contribution in [0.15, 0.2) is 133 Å². The number of alkyl halides is 3. The van der Waals surface area contributed by atoms with Gasteiger partial charge < -0.3 is 48.2 Å². The molecule has 618 valence electrons. The van der Waals surface area contributed by atoms with Crippen LogP contribution in [0.4, 0.5) is 18.0 Å². The average molecular weight is 1580 g/mol. The number of fused-ring (bicyclic) bond motifs is 6. The van der Waals surface area contributed by atoms with E-state index in [-0.39, 0.29) is 18.1 Å². The van der Waals surface area contributed by atoms with Crippen LogP contribution in [0.25, 0.3) is 22.3 Å². The van der Waals surface area contributed by atoms with Crippen LogP contribution in [-0.4, -0.2) is 181 Å². The van der Waals surface area contributed by atoms with Gasteiger partial charge in [-0.2, -0.15) is 13.2 Å². The van der Waals surface area contributed by atoms with Gasteiger partial charge in [0.15, 0.2) is 9.84 Å². The first kappa shape index (κ1) is 82.6. The highest BCUT2D eigenvalue weighted by atomic mass is 32.2. The SMILES string of the molecule is CCOC(=O)N1CCC(CN2CCC(c3cc(-c4ccc(S(C)(=O)=O)cc4)ccc3OC)CC2)CC1.COc1ccc(-c2cccnc2)cc1C1CCN([C@@H]2C[C@H]3CCC2C3)CC1.Cc1c(C2CCN(C3C[C@H]4CCC3C4)CC2)cccc1C(F)(F)F.c1ccc(C2CCN([C@H]3C[C@H]4CCC3C4)CC2)c(OCC2CCCCO2)c1. The molecule has 1 amide bonds. The van der Waals surface area contributed by atoms with Gasteiger partial charge in [-0.15, -0.1) is 0 Å². The second-order valence-corrected chi connectivity index (χ2v) is 38.2. The smallest absolute Gasteiger partial charge is 0.416 e. The van der Waals surface area contributed by atoms with Crippen LogP contribution in [0.3, 0.4) is 0 Å². The second-order valence-electron chi connectivity index (χ2n) is 36.2. The summed E-state index contributed by atoms with van der Waals surface area (Å²) in [6.45, 7) is 17.4. The van der Waals surface area contributed by atoms with Gasteiger partial charge in [-0.3, -0.25) is 4.98 Å². The summed E-state index contributed by atoms with van der Waals surface area (Å²) < 4.78 is 91.7. The van der Waals surface area contributed by atoms with E-state index in [4.69, 9.17) is 23.7 Å². The van der Waals surface area contributed by atoms with Gasteiger partial charge >= 0.3 is 12.3 Å². The quantitative estimate of drug-likeness (QED) is 0.0811. The molecule has 114 heavy (non-hydrogen) atoms. The predicted molar refractivity (Wildman–Crippen MR) is 448 cm³/mol. The minimum absolute atomic E-state index is 0.181. The Kier molecular flexibility index (Phi) is 27.5. The summed E-state index contributed by atoms with van der Waals surface area (Å²) >= 11 is 0. The van der Waals surface area contributed by atoms with Crippen LogP contribution in [0.2, 0.25) is 0 Å². The summed E-state index contributed by atoms with van der Waals surface area (Å²) in [6.07, 6.45) is 33.3. The van der Waals surface area contributed by atoms with E-state index in [1.165, 1.54) is 182 Å². The van der Waals surface area contributed by atoms with Crippen LogP contribution in [-0.2, 0) is 25.5 Å². The normalized spacial score (nSPS) is 27.5. The summed E-state index contributed by atoms with van der Waals surface area (Å²) in [7, 11) is 0.308. The number of ether oxygens (including phenoxy) is 5. The van der Waals surface area contributed by atoms with Crippen LogP contribution in [0, 0.1) is 48.3 Å². The first-order valence-electron chi connectivity index (χ1n) is 44.3. The Morgan fingerprint density at radius 1 is 0.509 bits per heavy atom. The monoisotopic (exact) mass is 1580 g/mol. The van der Waals surface area contributed by atoms with E-state index in [1.807, 2.05) is 60.6 Å². The number of methoxy groups -OCH3 is 2. The lowest BCUT2D eigenvalue weighted by Gasteiger charge is -2.40. The Morgan fingerprint density at radius 2 is 1.01 bits per heavy atom.